The highest BCUT2D eigenvalue weighted by atomic mass is 32.2. The van der Waals surface area contributed by atoms with Gasteiger partial charge < -0.3 is 0 Å². The maximum atomic E-state index is 13.6. The molecule has 0 bridgehead atoms. The first kappa shape index (κ1) is 17.4. The first-order chi connectivity index (χ1) is 10.6. The molecule has 0 aliphatic carbocycles. The summed E-state index contributed by atoms with van der Waals surface area (Å²) in [6.45, 7) is 1.23. The second-order valence-electron chi connectivity index (χ2n) is 4.68. The van der Waals surface area contributed by atoms with Crippen molar-refractivity contribution in [1.29, 1.82) is 0 Å². The van der Waals surface area contributed by atoms with E-state index in [2.05, 4.69) is 0 Å². The van der Waals surface area contributed by atoms with Crippen molar-refractivity contribution >= 4 is 10.0 Å². The fourth-order valence-corrected chi connectivity index (χ4v) is 3.22. The molecule has 2 rings (SSSR count). The van der Waals surface area contributed by atoms with Gasteiger partial charge in [-0.05, 0) is 25.1 Å². The first-order valence-electron chi connectivity index (χ1n) is 6.24. The molecule has 0 heterocycles. The molecular formula is C14H10F5NO2S. The van der Waals surface area contributed by atoms with E-state index in [0.29, 0.717) is 18.2 Å². The summed E-state index contributed by atoms with van der Waals surface area (Å²) in [5.41, 5.74) is -0.196. The number of hydrogen-bond acceptors (Lipinski definition) is 2. The van der Waals surface area contributed by atoms with E-state index in [4.69, 9.17) is 0 Å². The molecule has 0 spiro atoms. The molecule has 0 aliphatic rings. The number of sulfonamides is 1. The number of nitrogens with one attached hydrogen (secondary N) is 1. The molecule has 1 atom stereocenters. The van der Waals surface area contributed by atoms with Gasteiger partial charge in [0.2, 0.25) is 10.0 Å². The van der Waals surface area contributed by atoms with Crippen LogP contribution in [0.2, 0.25) is 0 Å². The van der Waals surface area contributed by atoms with Crippen LogP contribution in [-0.4, -0.2) is 8.42 Å². The summed E-state index contributed by atoms with van der Waals surface area (Å²) in [5, 5.41) is 0. The van der Waals surface area contributed by atoms with Crippen molar-refractivity contribution in [1.82, 2.24) is 4.72 Å². The maximum Gasteiger partial charge on any atom is 0.244 e. The van der Waals surface area contributed by atoms with Crippen molar-refractivity contribution in [3.63, 3.8) is 0 Å². The van der Waals surface area contributed by atoms with E-state index in [-0.39, 0.29) is 5.56 Å². The molecule has 2 aromatic rings. The van der Waals surface area contributed by atoms with Crippen LogP contribution >= 0.6 is 0 Å². The quantitative estimate of drug-likeness (QED) is 0.678. The average Bonchev–Trinajstić information content (AvgIpc) is 2.43. The lowest BCUT2D eigenvalue weighted by Gasteiger charge is -2.16. The van der Waals surface area contributed by atoms with Crippen molar-refractivity contribution < 1.29 is 30.4 Å². The Morgan fingerprint density at radius 2 is 1.57 bits per heavy atom. The Bertz CT molecular complexity index is 854. The number of rotatable bonds is 4. The van der Waals surface area contributed by atoms with Crippen molar-refractivity contribution in [2.75, 3.05) is 0 Å². The molecule has 0 saturated carbocycles. The monoisotopic (exact) mass is 351 g/mol. The largest absolute Gasteiger partial charge is 0.244 e. The SMILES string of the molecule is C[C@@H](NS(=O)(=O)c1ccc(F)c(F)c1F)c1ccc(F)cc1F. The second-order valence-corrected chi connectivity index (χ2v) is 6.36. The number of halogens is 5. The molecule has 1 N–H and O–H groups in total. The Kier molecular flexibility index (Phi) is 4.71. The van der Waals surface area contributed by atoms with Gasteiger partial charge in [-0.1, -0.05) is 6.07 Å². The zero-order chi connectivity index (χ0) is 17.4. The third kappa shape index (κ3) is 3.50. The molecule has 0 unspecified atom stereocenters. The second kappa shape index (κ2) is 6.25. The first-order valence-corrected chi connectivity index (χ1v) is 7.72. The average molecular weight is 351 g/mol. The van der Waals surface area contributed by atoms with Crippen LogP contribution in [-0.2, 0) is 10.0 Å². The summed E-state index contributed by atoms with van der Waals surface area (Å²) in [7, 11) is -4.60. The summed E-state index contributed by atoms with van der Waals surface area (Å²) in [6, 6.07) is 2.28. The van der Waals surface area contributed by atoms with E-state index in [0.717, 1.165) is 12.1 Å². The van der Waals surface area contributed by atoms with Gasteiger partial charge in [0.1, 0.15) is 16.5 Å². The molecule has 0 radical (unpaired) electrons. The Balaban J connectivity index is 2.36. The standard InChI is InChI=1S/C14H10F5NO2S/c1-7(9-3-2-8(15)6-11(9)17)20-23(21,22)12-5-4-10(16)13(18)14(12)19/h2-7,20H,1H3/t7-/m1/s1. The minimum Gasteiger partial charge on any atom is -0.207 e. The molecule has 0 saturated heterocycles. The highest BCUT2D eigenvalue weighted by molar-refractivity contribution is 7.89. The van der Waals surface area contributed by atoms with Crippen LogP contribution in [0.3, 0.4) is 0 Å². The van der Waals surface area contributed by atoms with Gasteiger partial charge in [-0.25, -0.2) is 35.1 Å². The van der Waals surface area contributed by atoms with Gasteiger partial charge >= 0.3 is 0 Å². The lowest BCUT2D eigenvalue weighted by molar-refractivity contribution is 0.431. The van der Waals surface area contributed by atoms with E-state index in [1.54, 1.807) is 0 Å². The Hall–Kier alpha value is -2.00. The maximum absolute atomic E-state index is 13.6. The number of hydrogen-bond donors (Lipinski definition) is 1. The Morgan fingerprint density at radius 3 is 2.17 bits per heavy atom. The summed E-state index contributed by atoms with van der Waals surface area (Å²) in [5.74, 6) is -7.23. The van der Waals surface area contributed by atoms with E-state index < -0.39 is 50.0 Å². The third-order valence-corrected chi connectivity index (χ3v) is 4.61. The molecule has 124 valence electrons. The molecule has 0 aliphatic heterocycles. The summed E-state index contributed by atoms with van der Waals surface area (Å²) in [6.07, 6.45) is 0. The topological polar surface area (TPSA) is 46.2 Å². The van der Waals surface area contributed by atoms with Crippen molar-refractivity contribution in [2.24, 2.45) is 0 Å². The zero-order valence-corrected chi connectivity index (χ0v) is 12.4. The van der Waals surface area contributed by atoms with E-state index >= 15 is 0 Å². The van der Waals surface area contributed by atoms with E-state index in [1.165, 1.54) is 6.92 Å². The van der Waals surface area contributed by atoms with Gasteiger partial charge in [-0.3, -0.25) is 0 Å². The Morgan fingerprint density at radius 1 is 0.913 bits per heavy atom. The van der Waals surface area contributed by atoms with Gasteiger partial charge in [-0.15, -0.1) is 0 Å². The smallest absolute Gasteiger partial charge is 0.207 e. The molecule has 23 heavy (non-hydrogen) atoms. The lowest BCUT2D eigenvalue weighted by atomic mass is 10.1. The molecule has 0 aromatic heterocycles. The Labute approximate surface area is 128 Å². The van der Waals surface area contributed by atoms with Crippen molar-refractivity contribution in [2.45, 2.75) is 17.9 Å². The molecule has 3 nitrogen and oxygen atoms in total. The molecular weight excluding hydrogens is 341 g/mol. The van der Waals surface area contributed by atoms with E-state index in [1.807, 2.05) is 4.72 Å². The fourth-order valence-electron chi connectivity index (χ4n) is 1.93. The molecule has 9 heteroatoms. The van der Waals surface area contributed by atoms with Crippen LogP contribution in [0.4, 0.5) is 22.0 Å². The molecule has 2 aromatic carbocycles. The van der Waals surface area contributed by atoms with Crippen LogP contribution in [0.15, 0.2) is 35.2 Å². The normalized spacial score (nSPS) is 13.1. The van der Waals surface area contributed by atoms with Gasteiger partial charge in [0.25, 0.3) is 0 Å². The van der Waals surface area contributed by atoms with Crippen LogP contribution < -0.4 is 4.72 Å². The summed E-state index contributed by atoms with van der Waals surface area (Å²) >= 11 is 0. The van der Waals surface area contributed by atoms with Crippen molar-refractivity contribution in [3.8, 4) is 0 Å². The summed E-state index contributed by atoms with van der Waals surface area (Å²) in [4.78, 5) is -1.12. The molecule has 0 amide bonds. The highest BCUT2D eigenvalue weighted by Gasteiger charge is 2.26. The van der Waals surface area contributed by atoms with Gasteiger partial charge in [0.15, 0.2) is 17.5 Å². The summed E-state index contributed by atoms with van der Waals surface area (Å²) < 4.78 is 92.0. The fraction of sp³-hybridized carbons (Fsp3) is 0.143. The predicted octanol–water partition coefficient (Wildman–Crippen LogP) is 3.42. The van der Waals surface area contributed by atoms with Gasteiger partial charge in [-0.2, -0.15) is 0 Å². The van der Waals surface area contributed by atoms with Crippen LogP contribution in [0.25, 0.3) is 0 Å². The van der Waals surface area contributed by atoms with Crippen molar-refractivity contribution in [3.05, 3.63) is 65.0 Å². The van der Waals surface area contributed by atoms with Crippen LogP contribution in [0.1, 0.15) is 18.5 Å². The number of benzene rings is 2. The van der Waals surface area contributed by atoms with Gasteiger partial charge in [0, 0.05) is 17.7 Å². The molecule has 0 fully saturated rings. The minimum absolute atomic E-state index is 0.196. The highest BCUT2D eigenvalue weighted by Crippen LogP contribution is 2.23. The van der Waals surface area contributed by atoms with Crippen LogP contribution in [0, 0.1) is 29.1 Å². The van der Waals surface area contributed by atoms with E-state index in [9.17, 15) is 30.4 Å². The van der Waals surface area contributed by atoms with Crippen LogP contribution in [0.5, 0.6) is 0 Å². The lowest BCUT2D eigenvalue weighted by Crippen LogP contribution is -2.28. The zero-order valence-electron chi connectivity index (χ0n) is 11.6. The minimum atomic E-state index is -4.60. The predicted molar refractivity (Wildman–Crippen MR) is 71.4 cm³/mol. The van der Waals surface area contributed by atoms with Gasteiger partial charge in [0.05, 0.1) is 0 Å². The third-order valence-electron chi connectivity index (χ3n) is 3.05.